The maximum Gasteiger partial charge on any atom is 0.168 e. The highest BCUT2D eigenvalue weighted by atomic mass is 15.4. The van der Waals surface area contributed by atoms with Crippen molar-refractivity contribution >= 4 is 0 Å². The minimum Gasteiger partial charge on any atom is -0.294 e. The van der Waals surface area contributed by atoms with Crippen LogP contribution in [0, 0.1) is 0 Å². The van der Waals surface area contributed by atoms with Crippen LogP contribution in [0.25, 0.3) is 0 Å². The summed E-state index contributed by atoms with van der Waals surface area (Å²) in [6.45, 7) is 6.81. The van der Waals surface area contributed by atoms with Crippen molar-refractivity contribution < 1.29 is 0 Å². The van der Waals surface area contributed by atoms with Crippen LogP contribution in [0.1, 0.15) is 63.3 Å². The van der Waals surface area contributed by atoms with Gasteiger partial charge in [-0.25, -0.2) is 9.67 Å². The Morgan fingerprint density at radius 2 is 2.18 bits per heavy atom. The van der Waals surface area contributed by atoms with Gasteiger partial charge in [0.15, 0.2) is 5.82 Å². The third-order valence-electron chi connectivity index (χ3n) is 4.23. The highest BCUT2D eigenvalue weighted by Gasteiger charge is 2.30. The van der Waals surface area contributed by atoms with Gasteiger partial charge in [-0.2, -0.15) is 5.10 Å². The van der Waals surface area contributed by atoms with Gasteiger partial charge in [-0.05, 0) is 45.7 Å². The van der Waals surface area contributed by atoms with Crippen molar-refractivity contribution in [3.8, 4) is 0 Å². The van der Waals surface area contributed by atoms with E-state index in [9.17, 15) is 0 Å². The molecule has 3 heterocycles. The molecular weight excluding hydrogens is 212 g/mol. The molecule has 2 unspecified atom stereocenters. The zero-order chi connectivity index (χ0) is 11.8. The van der Waals surface area contributed by atoms with E-state index in [4.69, 9.17) is 10.1 Å². The maximum atomic E-state index is 4.79. The van der Waals surface area contributed by atoms with E-state index in [1.54, 1.807) is 0 Å². The van der Waals surface area contributed by atoms with Gasteiger partial charge in [0.2, 0.25) is 0 Å². The fourth-order valence-electron chi connectivity index (χ4n) is 3.21. The molecule has 94 valence electrons. The van der Waals surface area contributed by atoms with E-state index in [0.29, 0.717) is 12.1 Å². The van der Waals surface area contributed by atoms with Gasteiger partial charge in [-0.3, -0.25) is 4.90 Å². The van der Waals surface area contributed by atoms with Gasteiger partial charge in [0.1, 0.15) is 5.82 Å². The standard InChI is InChI=1S/C13H22N4/c1-3-16-9-5-7-11(16)13-14-12-8-4-6-10(2)17(12)15-13/h10-11H,3-9H2,1-2H3. The molecule has 0 aromatic carbocycles. The smallest absolute Gasteiger partial charge is 0.168 e. The predicted molar refractivity (Wildman–Crippen MR) is 66.9 cm³/mol. The van der Waals surface area contributed by atoms with Crippen LogP contribution in [0.2, 0.25) is 0 Å². The summed E-state index contributed by atoms with van der Waals surface area (Å²) in [5, 5.41) is 4.78. The minimum absolute atomic E-state index is 0.477. The van der Waals surface area contributed by atoms with Gasteiger partial charge >= 0.3 is 0 Å². The van der Waals surface area contributed by atoms with Gasteiger partial charge in [-0.15, -0.1) is 0 Å². The van der Waals surface area contributed by atoms with Crippen molar-refractivity contribution in [3.63, 3.8) is 0 Å². The van der Waals surface area contributed by atoms with Gasteiger partial charge in [0.25, 0.3) is 0 Å². The Hall–Kier alpha value is -0.900. The molecule has 1 saturated heterocycles. The fourth-order valence-corrected chi connectivity index (χ4v) is 3.21. The Morgan fingerprint density at radius 3 is 2.94 bits per heavy atom. The second kappa shape index (κ2) is 4.41. The first kappa shape index (κ1) is 11.2. The highest BCUT2D eigenvalue weighted by Crippen LogP contribution is 2.31. The van der Waals surface area contributed by atoms with Gasteiger partial charge < -0.3 is 0 Å². The Balaban J connectivity index is 1.89. The lowest BCUT2D eigenvalue weighted by Crippen LogP contribution is -2.23. The molecule has 0 saturated carbocycles. The number of hydrogen-bond acceptors (Lipinski definition) is 3. The Kier molecular flexibility index (Phi) is 2.90. The molecule has 1 aromatic rings. The zero-order valence-corrected chi connectivity index (χ0v) is 10.9. The van der Waals surface area contributed by atoms with Crippen molar-refractivity contribution in [2.24, 2.45) is 0 Å². The predicted octanol–water partition coefficient (Wildman–Crippen LogP) is 2.33. The molecule has 0 amide bonds. The van der Waals surface area contributed by atoms with Crippen LogP contribution < -0.4 is 0 Å². The number of aromatic nitrogens is 3. The van der Waals surface area contributed by atoms with Crippen molar-refractivity contribution in [2.45, 2.75) is 58.0 Å². The molecule has 0 spiro atoms. The normalized spacial score (nSPS) is 29.5. The second-order valence-corrected chi connectivity index (χ2v) is 5.36. The van der Waals surface area contributed by atoms with Gasteiger partial charge in [0.05, 0.1) is 12.1 Å². The fraction of sp³-hybridized carbons (Fsp3) is 0.846. The minimum atomic E-state index is 0.477. The summed E-state index contributed by atoms with van der Waals surface area (Å²) in [7, 11) is 0. The summed E-state index contributed by atoms with van der Waals surface area (Å²) in [6, 6.07) is 1.02. The second-order valence-electron chi connectivity index (χ2n) is 5.36. The van der Waals surface area contributed by atoms with Gasteiger partial charge in [0, 0.05) is 6.42 Å². The molecule has 2 aliphatic rings. The average Bonchev–Trinajstić information content (AvgIpc) is 2.94. The average molecular weight is 234 g/mol. The summed E-state index contributed by atoms with van der Waals surface area (Å²) in [6.07, 6.45) is 6.14. The molecule has 0 aliphatic carbocycles. The maximum absolute atomic E-state index is 4.79. The molecule has 0 radical (unpaired) electrons. The Labute approximate surface area is 103 Å². The molecule has 3 rings (SSSR count). The molecular formula is C13H22N4. The van der Waals surface area contributed by atoms with Crippen molar-refractivity contribution in [1.82, 2.24) is 19.7 Å². The van der Waals surface area contributed by atoms with E-state index < -0.39 is 0 Å². The van der Waals surface area contributed by atoms with Crippen LogP contribution in [0.15, 0.2) is 0 Å². The lowest BCUT2D eigenvalue weighted by molar-refractivity contribution is 0.260. The van der Waals surface area contributed by atoms with Gasteiger partial charge in [-0.1, -0.05) is 6.92 Å². The van der Waals surface area contributed by atoms with Crippen molar-refractivity contribution in [2.75, 3.05) is 13.1 Å². The lowest BCUT2D eigenvalue weighted by atomic mass is 10.1. The largest absolute Gasteiger partial charge is 0.294 e. The Bertz CT molecular complexity index is 398. The summed E-state index contributed by atoms with van der Waals surface area (Å²) >= 11 is 0. The number of likely N-dealkylation sites (tertiary alicyclic amines) is 1. The van der Waals surface area contributed by atoms with E-state index in [1.165, 1.54) is 38.1 Å². The number of hydrogen-bond donors (Lipinski definition) is 0. The van der Waals surface area contributed by atoms with Crippen LogP contribution in [0.5, 0.6) is 0 Å². The zero-order valence-electron chi connectivity index (χ0n) is 10.9. The third kappa shape index (κ3) is 1.88. The first-order valence-electron chi connectivity index (χ1n) is 6.99. The topological polar surface area (TPSA) is 34.0 Å². The number of nitrogens with zero attached hydrogens (tertiary/aromatic N) is 4. The molecule has 1 aromatic heterocycles. The number of rotatable bonds is 2. The van der Waals surface area contributed by atoms with E-state index in [2.05, 4.69) is 23.4 Å². The number of fused-ring (bicyclic) bond motifs is 1. The molecule has 4 heteroatoms. The van der Waals surface area contributed by atoms with Crippen LogP contribution in [-0.4, -0.2) is 32.8 Å². The molecule has 0 bridgehead atoms. The molecule has 0 N–H and O–H groups in total. The molecule has 2 atom stereocenters. The van der Waals surface area contributed by atoms with Crippen LogP contribution in [-0.2, 0) is 6.42 Å². The van der Waals surface area contributed by atoms with E-state index in [1.807, 2.05) is 0 Å². The molecule has 1 fully saturated rings. The summed E-state index contributed by atoms with van der Waals surface area (Å²) in [4.78, 5) is 7.30. The quantitative estimate of drug-likeness (QED) is 0.787. The molecule has 4 nitrogen and oxygen atoms in total. The SMILES string of the molecule is CCN1CCCC1c1nc2n(n1)C(C)CCC2. The Morgan fingerprint density at radius 1 is 1.29 bits per heavy atom. The third-order valence-corrected chi connectivity index (χ3v) is 4.23. The lowest BCUT2D eigenvalue weighted by Gasteiger charge is -2.20. The van der Waals surface area contributed by atoms with E-state index >= 15 is 0 Å². The van der Waals surface area contributed by atoms with Crippen molar-refractivity contribution in [1.29, 1.82) is 0 Å². The van der Waals surface area contributed by atoms with Crippen LogP contribution in [0.4, 0.5) is 0 Å². The highest BCUT2D eigenvalue weighted by molar-refractivity contribution is 5.04. The van der Waals surface area contributed by atoms with Crippen LogP contribution in [0.3, 0.4) is 0 Å². The summed E-state index contributed by atoms with van der Waals surface area (Å²) in [5.41, 5.74) is 0. The summed E-state index contributed by atoms with van der Waals surface area (Å²) in [5.74, 6) is 2.29. The monoisotopic (exact) mass is 234 g/mol. The van der Waals surface area contributed by atoms with Crippen molar-refractivity contribution in [3.05, 3.63) is 11.6 Å². The van der Waals surface area contributed by atoms with E-state index in [0.717, 1.165) is 18.8 Å². The molecule has 17 heavy (non-hydrogen) atoms. The first-order valence-corrected chi connectivity index (χ1v) is 6.99. The van der Waals surface area contributed by atoms with Crippen LogP contribution >= 0.6 is 0 Å². The number of aryl methyl sites for hydroxylation is 1. The molecule has 2 aliphatic heterocycles. The summed E-state index contributed by atoms with van der Waals surface area (Å²) < 4.78 is 2.17. The first-order chi connectivity index (χ1) is 8.29. The van der Waals surface area contributed by atoms with E-state index in [-0.39, 0.29) is 0 Å².